The van der Waals surface area contributed by atoms with E-state index < -0.39 is 11.7 Å². The van der Waals surface area contributed by atoms with Gasteiger partial charge in [-0.1, -0.05) is 48.5 Å². The standard InChI is InChI=1S/C30H22F3N2/c1-19-16-20-8-6-7-9-21(20)17-25(19)26-14-15-27-29(34(26)2)24-13-12-22(30(31,32)33)18-28(24)35(27)23-10-4-3-5-11-23/h3-18H,1-2H3/q+1. The van der Waals surface area contributed by atoms with Gasteiger partial charge >= 0.3 is 6.18 Å². The van der Waals surface area contributed by atoms with Crippen LogP contribution in [0.5, 0.6) is 0 Å². The largest absolute Gasteiger partial charge is 0.416 e. The van der Waals surface area contributed by atoms with Crippen molar-refractivity contribution < 1.29 is 17.7 Å². The van der Waals surface area contributed by atoms with Crippen LogP contribution in [0.2, 0.25) is 0 Å². The predicted octanol–water partition coefficient (Wildman–Crippen LogP) is 7.76. The smallest absolute Gasteiger partial charge is 0.304 e. The molecule has 2 aromatic heterocycles. The second kappa shape index (κ2) is 7.70. The van der Waals surface area contributed by atoms with Crippen molar-refractivity contribution in [2.24, 2.45) is 7.05 Å². The van der Waals surface area contributed by atoms with Crippen molar-refractivity contribution in [1.82, 2.24) is 4.57 Å². The Morgan fingerprint density at radius 1 is 0.714 bits per heavy atom. The van der Waals surface area contributed by atoms with Gasteiger partial charge < -0.3 is 4.57 Å². The zero-order valence-electron chi connectivity index (χ0n) is 19.3. The van der Waals surface area contributed by atoms with E-state index >= 15 is 0 Å². The van der Waals surface area contributed by atoms with E-state index in [2.05, 4.69) is 41.8 Å². The summed E-state index contributed by atoms with van der Waals surface area (Å²) in [6.45, 7) is 2.09. The number of hydrogen-bond acceptors (Lipinski definition) is 0. The van der Waals surface area contributed by atoms with Gasteiger partial charge in [0.05, 0.1) is 16.5 Å². The average Bonchev–Trinajstić information content (AvgIpc) is 3.18. The molecular weight excluding hydrogens is 445 g/mol. The van der Waals surface area contributed by atoms with Crippen LogP contribution >= 0.6 is 0 Å². The van der Waals surface area contributed by atoms with Crippen molar-refractivity contribution in [2.45, 2.75) is 13.1 Å². The Balaban J connectivity index is 1.70. The summed E-state index contributed by atoms with van der Waals surface area (Å²) in [5, 5.41) is 3.10. The highest BCUT2D eigenvalue weighted by atomic mass is 19.4. The molecule has 0 saturated heterocycles. The number of aromatic nitrogens is 2. The highest BCUT2D eigenvalue weighted by Crippen LogP contribution is 2.37. The third-order valence-corrected chi connectivity index (χ3v) is 6.78. The van der Waals surface area contributed by atoms with E-state index in [1.807, 2.05) is 60.1 Å². The summed E-state index contributed by atoms with van der Waals surface area (Å²) in [5.41, 5.74) is 5.69. The number of benzene rings is 4. The number of halogens is 3. The minimum absolute atomic E-state index is 0.531. The first-order chi connectivity index (χ1) is 16.8. The first kappa shape index (κ1) is 21.4. The average molecular weight is 468 g/mol. The first-order valence-corrected chi connectivity index (χ1v) is 11.4. The van der Waals surface area contributed by atoms with Crippen molar-refractivity contribution in [3.8, 4) is 16.9 Å². The number of hydrogen-bond donors (Lipinski definition) is 0. The molecule has 4 aromatic carbocycles. The second-order valence-corrected chi connectivity index (χ2v) is 8.93. The van der Waals surface area contributed by atoms with Gasteiger partial charge in [0.1, 0.15) is 12.6 Å². The number of rotatable bonds is 2. The SMILES string of the molecule is Cc1cc2ccccc2cc1-c1ccc2c(c3ccc(C(F)(F)F)cc3n2-c2ccccc2)[n+]1C. The highest BCUT2D eigenvalue weighted by Gasteiger charge is 2.32. The Morgan fingerprint density at radius 3 is 2.11 bits per heavy atom. The molecule has 5 heteroatoms. The molecule has 0 N–H and O–H groups in total. The molecule has 0 bridgehead atoms. The maximum absolute atomic E-state index is 13.6. The van der Waals surface area contributed by atoms with Crippen molar-refractivity contribution in [3.05, 3.63) is 108 Å². The van der Waals surface area contributed by atoms with E-state index in [-0.39, 0.29) is 0 Å². The molecule has 0 aliphatic rings. The van der Waals surface area contributed by atoms with Crippen LogP contribution in [-0.2, 0) is 13.2 Å². The van der Waals surface area contributed by atoms with E-state index in [9.17, 15) is 13.2 Å². The molecule has 0 unspecified atom stereocenters. The monoisotopic (exact) mass is 467 g/mol. The molecular formula is C30H22F3N2+. The Labute approximate surface area is 200 Å². The lowest BCUT2D eigenvalue weighted by Crippen LogP contribution is -2.32. The van der Waals surface area contributed by atoms with Gasteiger partial charge in [-0.25, -0.2) is 0 Å². The van der Waals surface area contributed by atoms with Crippen molar-refractivity contribution in [1.29, 1.82) is 0 Å². The fourth-order valence-electron chi connectivity index (χ4n) is 5.12. The van der Waals surface area contributed by atoms with Crippen LogP contribution < -0.4 is 4.57 Å². The van der Waals surface area contributed by atoms with Crippen molar-refractivity contribution in [2.75, 3.05) is 0 Å². The van der Waals surface area contributed by atoms with Gasteiger partial charge in [0.2, 0.25) is 11.2 Å². The van der Waals surface area contributed by atoms with E-state index in [4.69, 9.17) is 0 Å². The van der Waals surface area contributed by atoms with Crippen LogP contribution in [0.15, 0.2) is 97.1 Å². The van der Waals surface area contributed by atoms with Crippen LogP contribution in [0.3, 0.4) is 0 Å². The minimum Gasteiger partial charge on any atom is -0.304 e. The Bertz CT molecular complexity index is 1750. The summed E-state index contributed by atoms with van der Waals surface area (Å²) < 4.78 is 44.9. The zero-order chi connectivity index (χ0) is 24.3. The predicted molar refractivity (Wildman–Crippen MR) is 135 cm³/mol. The molecule has 0 fully saturated rings. The van der Waals surface area contributed by atoms with Gasteiger partial charge in [0.25, 0.3) is 0 Å². The Kier molecular flexibility index (Phi) is 4.71. The lowest BCUT2D eigenvalue weighted by atomic mass is 9.99. The van der Waals surface area contributed by atoms with Crippen LogP contribution in [0.4, 0.5) is 13.2 Å². The Hall–Kier alpha value is -4.12. The molecule has 35 heavy (non-hydrogen) atoms. The molecule has 0 aliphatic carbocycles. The van der Waals surface area contributed by atoms with Crippen molar-refractivity contribution in [3.63, 3.8) is 0 Å². The lowest BCUT2D eigenvalue weighted by molar-refractivity contribution is -0.632. The van der Waals surface area contributed by atoms with Gasteiger partial charge in [-0.15, -0.1) is 0 Å². The molecule has 0 saturated carbocycles. The number of alkyl halides is 3. The van der Waals surface area contributed by atoms with Gasteiger partial charge in [0.15, 0.2) is 0 Å². The second-order valence-electron chi connectivity index (χ2n) is 8.93. The van der Waals surface area contributed by atoms with Gasteiger partial charge in [-0.3, -0.25) is 0 Å². The molecule has 2 nitrogen and oxygen atoms in total. The van der Waals surface area contributed by atoms with E-state index in [0.717, 1.165) is 44.3 Å². The number of aryl methyl sites for hydroxylation is 2. The van der Waals surface area contributed by atoms with Crippen LogP contribution in [-0.4, -0.2) is 4.57 Å². The minimum atomic E-state index is -4.41. The summed E-state index contributed by atoms with van der Waals surface area (Å²) in [5.74, 6) is 0. The first-order valence-electron chi connectivity index (χ1n) is 11.4. The summed E-state index contributed by atoms with van der Waals surface area (Å²) >= 11 is 0. The third kappa shape index (κ3) is 3.38. The highest BCUT2D eigenvalue weighted by molar-refractivity contribution is 6.06. The molecule has 0 radical (unpaired) electrons. The summed E-state index contributed by atoms with van der Waals surface area (Å²) in [7, 11) is 1.98. The summed E-state index contributed by atoms with van der Waals surface area (Å²) in [6.07, 6.45) is -4.41. The maximum Gasteiger partial charge on any atom is 0.416 e. The molecule has 2 heterocycles. The van der Waals surface area contributed by atoms with Crippen LogP contribution in [0.25, 0.3) is 49.7 Å². The van der Waals surface area contributed by atoms with Gasteiger partial charge in [0, 0.05) is 17.3 Å². The van der Waals surface area contributed by atoms with E-state index in [0.29, 0.717) is 5.52 Å². The lowest BCUT2D eigenvalue weighted by Gasteiger charge is -2.10. The molecule has 0 aliphatic heterocycles. The summed E-state index contributed by atoms with van der Waals surface area (Å²) in [6, 6.07) is 30.2. The quantitative estimate of drug-likeness (QED) is 0.230. The molecule has 0 spiro atoms. The zero-order valence-corrected chi connectivity index (χ0v) is 19.3. The molecule has 6 rings (SSSR count). The number of fused-ring (bicyclic) bond motifs is 4. The van der Waals surface area contributed by atoms with Gasteiger partial charge in [-0.05, 0) is 65.7 Å². The third-order valence-electron chi connectivity index (χ3n) is 6.78. The fraction of sp³-hybridized carbons (Fsp3) is 0.100. The molecule has 172 valence electrons. The Morgan fingerprint density at radius 2 is 1.40 bits per heavy atom. The number of nitrogens with zero attached hydrogens (tertiary/aromatic N) is 2. The maximum atomic E-state index is 13.6. The number of pyridine rings is 1. The van der Waals surface area contributed by atoms with E-state index in [1.54, 1.807) is 6.07 Å². The molecule has 6 aromatic rings. The number of para-hydroxylation sites is 1. The molecule has 0 atom stereocenters. The topological polar surface area (TPSA) is 8.81 Å². The van der Waals surface area contributed by atoms with Crippen LogP contribution in [0, 0.1) is 6.92 Å². The van der Waals surface area contributed by atoms with Gasteiger partial charge in [-0.2, -0.15) is 17.7 Å². The van der Waals surface area contributed by atoms with Crippen LogP contribution in [0.1, 0.15) is 11.1 Å². The normalized spacial score (nSPS) is 12.1. The molecule has 0 amide bonds. The van der Waals surface area contributed by atoms with Crippen molar-refractivity contribution >= 4 is 32.7 Å². The summed E-state index contributed by atoms with van der Waals surface area (Å²) in [4.78, 5) is 0. The van der Waals surface area contributed by atoms with E-state index in [1.165, 1.54) is 17.5 Å². The fourth-order valence-corrected chi connectivity index (χ4v) is 5.12.